The highest BCUT2D eigenvalue weighted by Gasteiger charge is 2.39. The van der Waals surface area contributed by atoms with Crippen LogP contribution in [0.5, 0.6) is 5.75 Å². The number of carbonyl (C=O) groups is 3. The predicted molar refractivity (Wildman–Crippen MR) is 213 cm³/mol. The van der Waals surface area contributed by atoms with Gasteiger partial charge >= 0.3 is 0 Å². The number of amides is 3. The maximum absolute atomic E-state index is 13.0. The van der Waals surface area contributed by atoms with Gasteiger partial charge in [0.05, 0.1) is 6.10 Å². The molecule has 0 saturated carbocycles. The zero-order valence-electron chi connectivity index (χ0n) is 31.2. The molecule has 1 atom stereocenters. The van der Waals surface area contributed by atoms with Crippen LogP contribution in [0, 0.1) is 11.8 Å². The fraction of sp³-hybridized carbons (Fsp3) is 0.400. The molecule has 54 heavy (non-hydrogen) atoms. The number of hydrogen-bond donors (Lipinski definition) is 3. The minimum atomic E-state index is -0.591. The number of fused-ring (bicyclic) bond motifs is 1. The molecule has 4 aliphatic rings. The molecule has 0 bridgehead atoms. The number of imide groups is 1. The van der Waals surface area contributed by atoms with Gasteiger partial charge in [-0.25, -0.2) is 0 Å². The Kier molecular flexibility index (Phi) is 12.1. The molecule has 1 unspecified atom stereocenters. The van der Waals surface area contributed by atoms with Crippen LogP contribution in [0.25, 0.3) is 11.1 Å². The molecule has 3 amide bonds. The van der Waals surface area contributed by atoms with E-state index >= 15 is 0 Å². The number of ether oxygens (including phenoxy) is 1. The number of likely N-dealkylation sites (tertiary alicyclic amines) is 1. The van der Waals surface area contributed by atoms with Gasteiger partial charge in [0.2, 0.25) is 11.8 Å². The largest absolute Gasteiger partial charge is 0.492 e. The van der Waals surface area contributed by atoms with Crippen LogP contribution in [0.1, 0.15) is 78.9 Å². The van der Waals surface area contributed by atoms with Crippen molar-refractivity contribution in [1.29, 1.82) is 0 Å². The summed E-state index contributed by atoms with van der Waals surface area (Å²) < 4.78 is 6.22. The number of carbonyl (C=O) groups excluding carboxylic acids is 3. The predicted octanol–water partition coefficient (Wildman–Crippen LogP) is 6.85. The first-order valence-corrected chi connectivity index (χ1v) is 19.7. The molecule has 9 heteroatoms. The number of hydrogen-bond acceptors (Lipinski definition) is 7. The molecule has 3 N–H and O–H groups in total. The normalized spacial score (nSPS) is 22.2. The summed E-state index contributed by atoms with van der Waals surface area (Å²) in [6.45, 7) is 7.22. The first-order valence-electron chi connectivity index (χ1n) is 19.7. The monoisotopic (exact) mass is 728 g/mol. The third-order valence-corrected chi connectivity index (χ3v) is 11.4. The number of allylic oxidation sites excluding steroid dienone is 4. The zero-order valence-corrected chi connectivity index (χ0v) is 31.2. The molecule has 3 aliphatic heterocycles. The number of benzene rings is 3. The fourth-order valence-electron chi connectivity index (χ4n) is 8.38. The van der Waals surface area contributed by atoms with Crippen LogP contribution < -0.4 is 15.4 Å². The second kappa shape index (κ2) is 17.4. The minimum Gasteiger partial charge on any atom is -0.492 e. The molecule has 3 aromatic rings. The summed E-state index contributed by atoms with van der Waals surface area (Å²) >= 11 is 0. The summed E-state index contributed by atoms with van der Waals surface area (Å²) in [7, 11) is 0. The molecule has 0 spiro atoms. The Morgan fingerprint density at radius 3 is 2.39 bits per heavy atom. The Morgan fingerprint density at radius 1 is 0.907 bits per heavy atom. The highest BCUT2D eigenvalue weighted by molar-refractivity contribution is 6.05. The van der Waals surface area contributed by atoms with E-state index < -0.39 is 12.1 Å². The highest BCUT2D eigenvalue weighted by atomic mass is 16.5. The molecule has 0 radical (unpaired) electrons. The molecule has 0 aromatic heterocycles. The summed E-state index contributed by atoms with van der Waals surface area (Å²) in [5, 5.41) is 15.9. The summed E-state index contributed by atoms with van der Waals surface area (Å²) in [6, 6.07) is 24.3. The maximum Gasteiger partial charge on any atom is 0.255 e. The Bertz CT molecular complexity index is 1880. The van der Waals surface area contributed by atoms with Crippen LogP contribution in [0.3, 0.4) is 0 Å². The van der Waals surface area contributed by atoms with Crippen LogP contribution in [-0.4, -0.2) is 77.6 Å². The molecule has 9 nitrogen and oxygen atoms in total. The quantitative estimate of drug-likeness (QED) is 0.0721. The van der Waals surface area contributed by atoms with Gasteiger partial charge in [-0.15, -0.1) is 0 Å². The maximum atomic E-state index is 13.0. The van der Waals surface area contributed by atoms with Crippen molar-refractivity contribution >= 4 is 34.6 Å². The third kappa shape index (κ3) is 8.86. The average Bonchev–Trinajstić information content (AvgIpc) is 3.52. The first-order chi connectivity index (χ1) is 26.4. The lowest BCUT2D eigenvalue weighted by atomic mass is 9.82. The molecule has 3 heterocycles. The van der Waals surface area contributed by atoms with Crippen molar-refractivity contribution in [1.82, 2.24) is 15.1 Å². The van der Waals surface area contributed by atoms with E-state index in [-0.39, 0.29) is 30.1 Å². The molecule has 7 rings (SSSR count). The van der Waals surface area contributed by atoms with Crippen LogP contribution in [-0.2, 0) is 16.1 Å². The van der Waals surface area contributed by atoms with Gasteiger partial charge in [0, 0.05) is 43.2 Å². The van der Waals surface area contributed by atoms with Crippen molar-refractivity contribution in [2.24, 2.45) is 11.8 Å². The van der Waals surface area contributed by atoms with Crippen LogP contribution in [0.15, 0.2) is 97.1 Å². The Hall–Kier alpha value is -4.99. The van der Waals surface area contributed by atoms with Crippen LogP contribution in [0.4, 0.5) is 5.69 Å². The number of anilines is 1. The lowest BCUT2D eigenvalue weighted by Gasteiger charge is -2.31. The van der Waals surface area contributed by atoms with Crippen molar-refractivity contribution in [2.75, 3.05) is 38.1 Å². The van der Waals surface area contributed by atoms with Crippen LogP contribution >= 0.6 is 0 Å². The minimum absolute atomic E-state index is 0.0916. The van der Waals surface area contributed by atoms with Crippen LogP contribution in [0.2, 0.25) is 0 Å². The summed E-state index contributed by atoms with van der Waals surface area (Å²) in [5.74, 6) is 0.896. The molecule has 3 aromatic carbocycles. The van der Waals surface area contributed by atoms with Gasteiger partial charge in [0.25, 0.3) is 5.91 Å². The number of nitrogens with zero attached hydrogens (tertiary/aromatic N) is 2. The summed E-state index contributed by atoms with van der Waals surface area (Å²) in [4.78, 5) is 41.0. The Balaban J connectivity index is 0.830. The number of aliphatic hydroxyl groups is 1. The van der Waals surface area contributed by atoms with E-state index in [1.165, 1.54) is 36.0 Å². The van der Waals surface area contributed by atoms with Crippen molar-refractivity contribution < 1.29 is 24.2 Å². The standard InChI is InChI=1S/C45H52N4O5/c1-2-39(32-8-4-3-5-9-32)43(33-10-15-37(50)16-11-33)34-12-17-38(18-13-34)54-28-27-48-25-22-31(23-26-48)7-6-24-46-36-14-19-40-35(29-36)30-49(45(40)53)41-20-21-42(51)47-44(41)52/h3-5,8-19,29,31,33,37,41,46,50H,2,6-7,20-28,30H2,1H3,(H,47,51,52)/b43-39-. The van der Waals surface area contributed by atoms with E-state index in [4.69, 9.17) is 4.74 Å². The van der Waals surface area contributed by atoms with Gasteiger partial charge in [-0.2, -0.15) is 0 Å². The Morgan fingerprint density at radius 2 is 1.67 bits per heavy atom. The lowest BCUT2D eigenvalue weighted by molar-refractivity contribution is -0.136. The van der Waals surface area contributed by atoms with Crippen molar-refractivity contribution in [3.05, 3.63) is 119 Å². The summed E-state index contributed by atoms with van der Waals surface area (Å²) in [6.07, 6.45) is 13.6. The van der Waals surface area contributed by atoms with E-state index in [9.17, 15) is 19.5 Å². The van der Waals surface area contributed by atoms with Gasteiger partial charge < -0.3 is 20.1 Å². The molecular weight excluding hydrogens is 677 g/mol. The Labute approximate surface area is 318 Å². The second-order valence-electron chi connectivity index (χ2n) is 14.9. The van der Waals surface area contributed by atoms with E-state index in [1.807, 2.05) is 36.4 Å². The number of nitrogens with one attached hydrogen (secondary N) is 2. The number of piperidine rings is 2. The molecule has 1 aliphatic carbocycles. The second-order valence-corrected chi connectivity index (χ2v) is 14.9. The highest BCUT2D eigenvalue weighted by Crippen LogP contribution is 2.38. The number of aliphatic hydroxyl groups excluding tert-OH is 1. The van der Waals surface area contributed by atoms with Gasteiger partial charge in [-0.1, -0.05) is 73.7 Å². The smallest absolute Gasteiger partial charge is 0.255 e. The van der Waals surface area contributed by atoms with E-state index in [1.54, 1.807) is 4.90 Å². The third-order valence-electron chi connectivity index (χ3n) is 11.4. The van der Waals surface area contributed by atoms with Gasteiger partial charge in [0.15, 0.2) is 0 Å². The van der Waals surface area contributed by atoms with Gasteiger partial charge in [-0.3, -0.25) is 24.6 Å². The topological polar surface area (TPSA) is 111 Å². The van der Waals surface area contributed by atoms with Crippen molar-refractivity contribution in [3.8, 4) is 5.75 Å². The van der Waals surface area contributed by atoms with E-state index in [0.717, 1.165) is 67.5 Å². The van der Waals surface area contributed by atoms with Gasteiger partial charge in [-0.05, 0) is 116 Å². The number of rotatable bonds is 14. The van der Waals surface area contributed by atoms with E-state index in [0.29, 0.717) is 25.1 Å². The lowest BCUT2D eigenvalue weighted by Crippen LogP contribution is -2.52. The SMILES string of the molecule is CC/C(=C(/c1ccc(OCCN2CCC(CCCNc3ccc4c(c3)CN(C3CCC(=O)NC3=O)C4=O)CC2)cc1)C1C=CC(O)C=C1)c1ccccc1. The van der Waals surface area contributed by atoms with Crippen molar-refractivity contribution in [2.45, 2.75) is 70.6 Å². The molecule has 2 saturated heterocycles. The fourth-order valence-corrected chi connectivity index (χ4v) is 8.38. The first kappa shape index (κ1) is 37.3. The average molecular weight is 729 g/mol. The summed E-state index contributed by atoms with van der Waals surface area (Å²) in [5.41, 5.74) is 7.50. The zero-order chi connectivity index (χ0) is 37.4. The molecule has 282 valence electrons. The molecular formula is C45H52N4O5. The van der Waals surface area contributed by atoms with Crippen molar-refractivity contribution in [3.63, 3.8) is 0 Å². The van der Waals surface area contributed by atoms with Gasteiger partial charge in [0.1, 0.15) is 18.4 Å². The molecule has 2 fully saturated rings. The van der Waals surface area contributed by atoms with E-state index in [2.05, 4.69) is 83.1 Å².